The third-order valence-electron chi connectivity index (χ3n) is 3.46. The topological polar surface area (TPSA) is 65.0 Å². The third kappa shape index (κ3) is 3.02. The van der Waals surface area contributed by atoms with Gasteiger partial charge in [0.2, 0.25) is 5.89 Å². The average Bonchev–Trinajstić information content (AvgIpc) is 3.16. The number of aryl methyl sites for hydroxylation is 1. The molecule has 0 fully saturated rings. The van der Waals surface area contributed by atoms with Gasteiger partial charge in [-0.25, -0.2) is 9.97 Å². The van der Waals surface area contributed by atoms with Crippen molar-refractivity contribution < 1.29 is 8.83 Å². The number of hydrogen-bond acceptors (Lipinski definition) is 6. The van der Waals surface area contributed by atoms with Crippen LogP contribution in [0.2, 0.25) is 5.02 Å². The summed E-state index contributed by atoms with van der Waals surface area (Å²) >= 11 is 7.37. The molecule has 4 aromatic rings. The van der Waals surface area contributed by atoms with Crippen molar-refractivity contribution in [1.82, 2.24) is 15.0 Å². The van der Waals surface area contributed by atoms with Crippen molar-refractivity contribution in [1.29, 1.82) is 0 Å². The second kappa shape index (κ2) is 6.30. The number of aromatic nitrogens is 3. The molecule has 120 valence electrons. The first kappa shape index (κ1) is 15.2. The molecular weight excluding hydrogens is 346 g/mol. The molecule has 0 saturated heterocycles. The summed E-state index contributed by atoms with van der Waals surface area (Å²) in [6.45, 7) is 1.90. The maximum Gasteiger partial charge on any atom is 0.258 e. The zero-order valence-electron chi connectivity index (χ0n) is 12.7. The van der Waals surface area contributed by atoms with Crippen LogP contribution >= 0.6 is 23.4 Å². The predicted molar refractivity (Wildman–Crippen MR) is 93.1 cm³/mol. The molecule has 0 aliphatic rings. The van der Waals surface area contributed by atoms with E-state index < -0.39 is 0 Å². The Morgan fingerprint density at radius 3 is 2.71 bits per heavy atom. The number of fused-ring (bicyclic) bond motifs is 1. The molecule has 3 heterocycles. The summed E-state index contributed by atoms with van der Waals surface area (Å²) in [6.07, 6.45) is 1.69. The number of hydrogen-bond donors (Lipinski definition) is 0. The SMILES string of the molecule is Cc1oc(-c2ccc(Cl)cc2)nc1CSc1nc2ncccc2o1. The summed E-state index contributed by atoms with van der Waals surface area (Å²) < 4.78 is 11.4. The number of pyridine rings is 1. The Morgan fingerprint density at radius 1 is 1.08 bits per heavy atom. The van der Waals surface area contributed by atoms with E-state index in [2.05, 4.69) is 15.0 Å². The predicted octanol–water partition coefficient (Wildman–Crippen LogP) is 5.13. The monoisotopic (exact) mass is 357 g/mol. The number of halogens is 1. The van der Waals surface area contributed by atoms with Gasteiger partial charge in [0.1, 0.15) is 5.76 Å². The molecule has 0 bridgehead atoms. The van der Waals surface area contributed by atoms with E-state index in [4.69, 9.17) is 20.4 Å². The van der Waals surface area contributed by atoms with Crippen molar-refractivity contribution in [2.75, 3.05) is 0 Å². The molecule has 0 aliphatic carbocycles. The van der Waals surface area contributed by atoms with Crippen LogP contribution in [0.1, 0.15) is 11.5 Å². The van der Waals surface area contributed by atoms with Crippen molar-refractivity contribution in [2.24, 2.45) is 0 Å². The highest BCUT2D eigenvalue weighted by molar-refractivity contribution is 7.98. The standard InChI is InChI=1S/C17H12ClN3O2S/c1-10-13(20-16(22-10)11-4-6-12(18)7-5-11)9-24-17-21-15-14(23-17)3-2-8-19-15/h2-8H,9H2,1H3. The maximum atomic E-state index is 5.91. The fraction of sp³-hybridized carbons (Fsp3) is 0.118. The van der Waals surface area contributed by atoms with E-state index in [0.717, 1.165) is 17.0 Å². The molecule has 5 nitrogen and oxygen atoms in total. The highest BCUT2D eigenvalue weighted by Crippen LogP contribution is 2.29. The van der Waals surface area contributed by atoms with Crippen molar-refractivity contribution >= 4 is 34.6 Å². The highest BCUT2D eigenvalue weighted by atomic mass is 35.5. The Kier molecular flexibility index (Phi) is 4.00. The van der Waals surface area contributed by atoms with Gasteiger partial charge in [0.05, 0.1) is 5.69 Å². The van der Waals surface area contributed by atoms with Gasteiger partial charge in [-0.2, -0.15) is 4.98 Å². The smallest absolute Gasteiger partial charge is 0.258 e. The molecule has 1 aromatic carbocycles. The summed E-state index contributed by atoms with van der Waals surface area (Å²) in [5.74, 6) is 1.97. The van der Waals surface area contributed by atoms with E-state index in [-0.39, 0.29) is 0 Å². The molecule has 0 atom stereocenters. The van der Waals surface area contributed by atoms with Gasteiger partial charge < -0.3 is 8.83 Å². The van der Waals surface area contributed by atoms with Crippen molar-refractivity contribution in [2.45, 2.75) is 17.9 Å². The molecule has 0 aliphatic heterocycles. The van der Waals surface area contributed by atoms with Gasteiger partial charge in [0, 0.05) is 22.5 Å². The van der Waals surface area contributed by atoms with Crippen LogP contribution in [0.3, 0.4) is 0 Å². The van der Waals surface area contributed by atoms with Crippen LogP contribution in [0.25, 0.3) is 22.7 Å². The second-order valence-corrected chi connectivity index (χ2v) is 6.49. The molecule has 0 unspecified atom stereocenters. The molecule has 0 N–H and O–H groups in total. The van der Waals surface area contributed by atoms with Gasteiger partial charge in [-0.05, 0) is 43.3 Å². The highest BCUT2D eigenvalue weighted by Gasteiger charge is 2.14. The van der Waals surface area contributed by atoms with E-state index in [1.54, 1.807) is 6.20 Å². The van der Waals surface area contributed by atoms with E-state index >= 15 is 0 Å². The normalized spacial score (nSPS) is 11.2. The minimum Gasteiger partial charge on any atom is -0.441 e. The Bertz CT molecular complexity index is 962. The molecule has 24 heavy (non-hydrogen) atoms. The summed E-state index contributed by atoms with van der Waals surface area (Å²) in [6, 6.07) is 11.1. The van der Waals surface area contributed by atoms with Crippen LogP contribution < -0.4 is 0 Å². The Balaban J connectivity index is 1.53. The molecule has 7 heteroatoms. The van der Waals surface area contributed by atoms with Crippen LogP contribution in [-0.4, -0.2) is 15.0 Å². The number of benzene rings is 1. The van der Waals surface area contributed by atoms with Crippen molar-refractivity contribution in [3.63, 3.8) is 0 Å². The molecule has 3 aromatic heterocycles. The van der Waals surface area contributed by atoms with E-state index in [0.29, 0.717) is 33.1 Å². The average molecular weight is 358 g/mol. The lowest BCUT2D eigenvalue weighted by Crippen LogP contribution is -1.85. The number of rotatable bonds is 4. The van der Waals surface area contributed by atoms with Crippen LogP contribution in [0.15, 0.2) is 56.7 Å². The second-order valence-electron chi connectivity index (χ2n) is 5.12. The number of oxazole rings is 2. The van der Waals surface area contributed by atoms with Crippen LogP contribution in [0.4, 0.5) is 0 Å². The lowest BCUT2D eigenvalue weighted by Gasteiger charge is -1.94. The largest absolute Gasteiger partial charge is 0.441 e. The third-order valence-corrected chi connectivity index (χ3v) is 4.55. The van der Waals surface area contributed by atoms with Gasteiger partial charge >= 0.3 is 0 Å². The number of nitrogens with zero attached hydrogens (tertiary/aromatic N) is 3. The summed E-state index contributed by atoms with van der Waals surface area (Å²) in [5.41, 5.74) is 3.04. The molecule has 4 rings (SSSR count). The summed E-state index contributed by atoms with van der Waals surface area (Å²) in [5, 5.41) is 1.25. The first-order valence-electron chi connectivity index (χ1n) is 7.25. The van der Waals surface area contributed by atoms with E-state index in [9.17, 15) is 0 Å². The van der Waals surface area contributed by atoms with Crippen molar-refractivity contribution in [3.8, 4) is 11.5 Å². The lowest BCUT2D eigenvalue weighted by molar-refractivity contribution is 0.489. The van der Waals surface area contributed by atoms with E-state index in [1.165, 1.54) is 11.8 Å². The Hall–Kier alpha value is -2.31. The van der Waals surface area contributed by atoms with Gasteiger partial charge in [-0.15, -0.1) is 0 Å². The Morgan fingerprint density at radius 2 is 1.92 bits per heavy atom. The quantitative estimate of drug-likeness (QED) is 0.471. The summed E-state index contributed by atoms with van der Waals surface area (Å²) in [7, 11) is 0. The maximum absolute atomic E-state index is 5.91. The minimum absolute atomic E-state index is 0.569. The Labute approximate surface area is 147 Å². The molecule has 0 radical (unpaired) electrons. The fourth-order valence-electron chi connectivity index (χ4n) is 2.22. The molecule has 0 amide bonds. The zero-order chi connectivity index (χ0) is 16.5. The van der Waals surface area contributed by atoms with Gasteiger partial charge in [-0.1, -0.05) is 23.4 Å². The first-order chi connectivity index (χ1) is 11.7. The molecular formula is C17H12ClN3O2S. The van der Waals surface area contributed by atoms with Crippen LogP contribution in [0.5, 0.6) is 0 Å². The van der Waals surface area contributed by atoms with E-state index in [1.807, 2.05) is 43.3 Å². The number of thioether (sulfide) groups is 1. The van der Waals surface area contributed by atoms with Crippen LogP contribution in [0, 0.1) is 6.92 Å². The minimum atomic E-state index is 0.569. The molecule has 0 spiro atoms. The van der Waals surface area contributed by atoms with Gasteiger partial charge in [-0.3, -0.25) is 0 Å². The lowest BCUT2D eigenvalue weighted by atomic mass is 10.2. The van der Waals surface area contributed by atoms with Gasteiger partial charge in [0.25, 0.3) is 5.22 Å². The van der Waals surface area contributed by atoms with Crippen LogP contribution in [-0.2, 0) is 5.75 Å². The molecule has 0 saturated carbocycles. The van der Waals surface area contributed by atoms with Gasteiger partial charge in [0.15, 0.2) is 11.2 Å². The fourth-order valence-corrected chi connectivity index (χ4v) is 3.17. The first-order valence-corrected chi connectivity index (χ1v) is 8.62. The zero-order valence-corrected chi connectivity index (χ0v) is 14.3. The summed E-state index contributed by atoms with van der Waals surface area (Å²) in [4.78, 5) is 13.1. The van der Waals surface area contributed by atoms with Crippen molar-refractivity contribution in [3.05, 3.63) is 59.1 Å².